The second-order valence-corrected chi connectivity index (χ2v) is 3.97. The first-order valence-electron chi connectivity index (χ1n) is 5.72. The lowest BCUT2D eigenvalue weighted by atomic mass is 10.1. The van der Waals surface area contributed by atoms with Crippen LogP contribution >= 0.6 is 0 Å². The van der Waals surface area contributed by atoms with Crippen molar-refractivity contribution in [3.05, 3.63) is 23.8 Å². The third kappa shape index (κ3) is 3.85. The van der Waals surface area contributed by atoms with Gasteiger partial charge in [-0.25, -0.2) is 4.79 Å². The zero-order chi connectivity index (χ0) is 14.4. The number of carboxylic acid groups (broad SMARTS) is 1. The predicted molar refractivity (Wildman–Crippen MR) is 67.0 cm³/mol. The van der Waals surface area contributed by atoms with E-state index in [0.29, 0.717) is 13.0 Å². The van der Waals surface area contributed by atoms with E-state index in [1.165, 1.54) is 18.2 Å². The summed E-state index contributed by atoms with van der Waals surface area (Å²) in [5.41, 5.74) is 5.10. The highest BCUT2D eigenvalue weighted by atomic mass is 16.4. The number of rotatable bonds is 6. The van der Waals surface area contributed by atoms with E-state index in [2.05, 4.69) is 5.32 Å². The lowest BCUT2D eigenvalue weighted by molar-refractivity contribution is -0.139. The fourth-order valence-corrected chi connectivity index (χ4v) is 1.53. The number of amides is 1. The molecule has 0 aliphatic rings. The van der Waals surface area contributed by atoms with Crippen molar-refractivity contribution in [3.63, 3.8) is 0 Å². The Hall–Kier alpha value is -2.28. The van der Waals surface area contributed by atoms with Crippen LogP contribution < -0.4 is 11.1 Å². The molecular formula is C12H16N2O5. The summed E-state index contributed by atoms with van der Waals surface area (Å²) in [6, 6.07) is 2.79. The molecule has 0 radical (unpaired) electrons. The Kier molecular flexibility index (Phi) is 5.13. The number of carboxylic acids is 1. The van der Waals surface area contributed by atoms with Crippen LogP contribution in [0.5, 0.6) is 11.5 Å². The van der Waals surface area contributed by atoms with Gasteiger partial charge in [0.25, 0.3) is 5.91 Å². The molecule has 0 heterocycles. The van der Waals surface area contributed by atoms with Crippen LogP contribution in [-0.2, 0) is 4.79 Å². The molecule has 0 aliphatic carbocycles. The quantitative estimate of drug-likeness (QED) is 0.462. The largest absolute Gasteiger partial charge is 0.504 e. The summed E-state index contributed by atoms with van der Waals surface area (Å²) in [5.74, 6) is -2.97. The number of carbonyl (C=O) groups excluding carboxylic acids is 1. The van der Waals surface area contributed by atoms with Crippen molar-refractivity contribution in [3.8, 4) is 11.5 Å². The zero-order valence-electron chi connectivity index (χ0n) is 10.2. The fourth-order valence-electron chi connectivity index (χ4n) is 1.53. The van der Waals surface area contributed by atoms with E-state index in [1.54, 1.807) is 0 Å². The Balaban J connectivity index is 2.82. The van der Waals surface area contributed by atoms with Crippen LogP contribution in [0.15, 0.2) is 18.2 Å². The summed E-state index contributed by atoms with van der Waals surface area (Å²) in [6.45, 7) is 0.316. The van der Waals surface area contributed by atoms with Crippen molar-refractivity contribution in [2.75, 3.05) is 6.54 Å². The molecule has 1 atom stereocenters. The van der Waals surface area contributed by atoms with Crippen LogP contribution in [0.1, 0.15) is 23.2 Å². The zero-order valence-corrected chi connectivity index (χ0v) is 10.2. The molecule has 1 amide bonds. The lowest BCUT2D eigenvalue weighted by Gasteiger charge is -2.14. The van der Waals surface area contributed by atoms with Crippen molar-refractivity contribution in [1.29, 1.82) is 0 Å². The minimum Gasteiger partial charge on any atom is -0.504 e. The molecule has 0 fully saturated rings. The molecule has 0 saturated heterocycles. The van der Waals surface area contributed by atoms with Gasteiger partial charge in [-0.3, -0.25) is 4.79 Å². The molecule has 1 rings (SSSR count). The molecule has 104 valence electrons. The number of phenolic OH excluding ortho intramolecular Hbond substituents is 2. The molecule has 7 heteroatoms. The van der Waals surface area contributed by atoms with Crippen molar-refractivity contribution in [1.82, 2.24) is 5.32 Å². The van der Waals surface area contributed by atoms with Crippen LogP contribution in [0.25, 0.3) is 0 Å². The summed E-state index contributed by atoms with van der Waals surface area (Å²) < 4.78 is 0. The van der Waals surface area contributed by atoms with Crippen LogP contribution in [0.3, 0.4) is 0 Å². The monoisotopic (exact) mass is 268 g/mol. The molecule has 6 N–H and O–H groups in total. The van der Waals surface area contributed by atoms with Gasteiger partial charge in [-0.15, -0.1) is 0 Å². The van der Waals surface area contributed by atoms with E-state index in [-0.39, 0.29) is 12.0 Å². The SMILES string of the molecule is NCCC[C@H](NC(=O)c1cccc(O)c1O)C(=O)O. The third-order valence-electron chi connectivity index (χ3n) is 2.56. The summed E-state index contributed by atoms with van der Waals surface area (Å²) in [5, 5.41) is 30.0. The Morgan fingerprint density at radius 2 is 2.00 bits per heavy atom. The Labute approximate surface area is 109 Å². The number of benzene rings is 1. The predicted octanol–water partition coefficient (Wildman–Crippen LogP) is 0.0197. The molecule has 7 nitrogen and oxygen atoms in total. The maximum Gasteiger partial charge on any atom is 0.326 e. The Morgan fingerprint density at radius 3 is 2.58 bits per heavy atom. The molecule has 0 saturated carbocycles. The molecule has 1 aromatic rings. The topological polar surface area (TPSA) is 133 Å². The molecule has 0 bridgehead atoms. The third-order valence-corrected chi connectivity index (χ3v) is 2.56. The number of hydrogen-bond donors (Lipinski definition) is 5. The molecule has 0 unspecified atom stereocenters. The summed E-state index contributed by atoms with van der Waals surface area (Å²) in [4.78, 5) is 22.8. The van der Waals surface area contributed by atoms with Crippen molar-refractivity contribution >= 4 is 11.9 Å². The van der Waals surface area contributed by atoms with Gasteiger partial charge >= 0.3 is 5.97 Å². The summed E-state index contributed by atoms with van der Waals surface area (Å²) in [6.07, 6.45) is 0.639. The number of hydrogen-bond acceptors (Lipinski definition) is 5. The van der Waals surface area contributed by atoms with Crippen molar-refractivity contribution in [2.45, 2.75) is 18.9 Å². The smallest absolute Gasteiger partial charge is 0.326 e. The normalized spacial score (nSPS) is 11.8. The van der Waals surface area contributed by atoms with Gasteiger partial charge in [0.1, 0.15) is 6.04 Å². The number of nitrogens with two attached hydrogens (primary N) is 1. The van der Waals surface area contributed by atoms with Gasteiger partial charge in [0.05, 0.1) is 5.56 Å². The van der Waals surface area contributed by atoms with Gasteiger partial charge in [0.2, 0.25) is 0 Å². The summed E-state index contributed by atoms with van der Waals surface area (Å²) in [7, 11) is 0. The molecule has 1 aromatic carbocycles. The van der Waals surface area contributed by atoms with E-state index in [0.717, 1.165) is 0 Å². The number of phenols is 2. The molecule has 19 heavy (non-hydrogen) atoms. The molecule has 0 spiro atoms. The second-order valence-electron chi connectivity index (χ2n) is 3.97. The average Bonchev–Trinajstić information content (AvgIpc) is 2.37. The number of para-hydroxylation sites is 1. The van der Waals surface area contributed by atoms with Crippen molar-refractivity contribution < 1.29 is 24.9 Å². The van der Waals surface area contributed by atoms with Crippen LogP contribution in [-0.4, -0.2) is 39.8 Å². The number of aromatic hydroxyl groups is 2. The molecule has 0 aliphatic heterocycles. The number of aliphatic carboxylic acids is 1. The number of nitrogens with one attached hydrogen (secondary N) is 1. The van der Waals surface area contributed by atoms with Gasteiger partial charge in [-0.05, 0) is 31.5 Å². The minimum absolute atomic E-state index is 0.181. The van der Waals surface area contributed by atoms with Gasteiger partial charge in [-0.2, -0.15) is 0 Å². The van der Waals surface area contributed by atoms with Gasteiger partial charge in [0, 0.05) is 0 Å². The van der Waals surface area contributed by atoms with E-state index in [4.69, 9.17) is 10.8 Å². The lowest BCUT2D eigenvalue weighted by Crippen LogP contribution is -2.41. The Bertz CT molecular complexity index is 475. The van der Waals surface area contributed by atoms with Gasteiger partial charge in [0.15, 0.2) is 11.5 Å². The highest BCUT2D eigenvalue weighted by Crippen LogP contribution is 2.28. The fraction of sp³-hybridized carbons (Fsp3) is 0.333. The van der Waals surface area contributed by atoms with Crippen LogP contribution in [0.2, 0.25) is 0 Å². The maximum atomic E-state index is 11.8. The Morgan fingerprint density at radius 1 is 1.32 bits per heavy atom. The van der Waals surface area contributed by atoms with Crippen LogP contribution in [0, 0.1) is 0 Å². The van der Waals surface area contributed by atoms with Crippen LogP contribution in [0.4, 0.5) is 0 Å². The first-order chi connectivity index (χ1) is 8.97. The summed E-state index contributed by atoms with van der Waals surface area (Å²) >= 11 is 0. The van der Waals surface area contributed by atoms with Crippen molar-refractivity contribution in [2.24, 2.45) is 5.73 Å². The number of carbonyl (C=O) groups is 2. The van der Waals surface area contributed by atoms with E-state index in [1.807, 2.05) is 0 Å². The van der Waals surface area contributed by atoms with E-state index < -0.39 is 29.4 Å². The van der Waals surface area contributed by atoms with E-state index >= 15 is 0 Å². The van der Waals surface area contributed by atoms with E-state index in [9.17, 15) is 19.8 Å². The molecular weight excluding hydrogens is 252 g/mol. The highest BCUT2D eigenvalue weighted by Gasteiger charge is 2.22. The highest BCUT2D eigenvalue weighted by molar-refractivity contribution is 5.99. The minimum atomic E-state index is -1.18. The first kappa shape index (κ1) is 14.8. The maximum absolute atomic E-state index is 11.8. The van der Waals surface area contributed by atoms with Gasteiger partial charge in [-0.1, -0.05) is 6.07 Å². The molecule has 0 aromatic heterocycles. The average molecular weight is 268 g/mol. The first-order valence-corrected chi connectivity index (χ1v) is 5.72. The second kappa shape index (κ2) is 6.60. The standard InChI is InChI=1S/C12H16N2O5/c13-6-2-4-8(12(18)19)14-11(17)7-3-1-5-9(15)10(7)16/h1,3,5,8,15-16H,2,4,6,13H2,(H,14,17)(H,18,19)/t8-/m0/s1. The van der Waals surface area contributed by atoms with Gasteiger partial charge < -0.3 is 26.4 Å².